The van der Waals surface area contributed by atoms with Gasteiger partial charge in [0.1, 0.15) is 6.04 Å². The van der Waals surface area contributed by atoms with Gasteiger partial charge in [-0.25, -0.2) is 8.42 Å². The highest BCUT2D eigenvalue weighted by Crippen LogP contribution is 2.28. The van der Waals surface area contributed by atoms with Crippen molar-refractivity contribution in [2.24, 2.45) is 0 Å². The molecule has 0 saturated carbocycles. The molecule has 0 aromatic heterocycles. The molecule has 1 aliphatic heterocycles. The third-order valence-electron chi connectivity index (χ3n) is 3.78. The molecular weight excluding hydrogens is 292 g/mol. The molecule has 1 saturated heterocycles. The fraction of sp³-hybridized carbons (Fsp3) is 0.500. The molecule has 6 nitrogen and oxygen atoms in total. The van der Waals surface area contributed by atoms with Crippen LogP contribution in [-0.4, -0.2) is 38.4 Å². The molecule has 0 bridgehead atoms. The van der Waals surface area contributed by atoms with E-state index in [1.807, 2.05) is 6.92 Å². The van der Waals surface area contributed by atoms with Crippen molar-refractivity contribution in [1.82, 2.24) is 4.31 Å². The summed E-state index contributed by atoms with van der Waals surface area (Å²) in [4.78, 5) is 11.8. The predicted molar refractivity (Wildman–Crippen MR) is 79.2 cm³/mol. The number of rotatable bonds is 4. The fourth-order valence-electron chi connectivity index (χ4n) is 2.59. The molecule has 1 aromatic rings. The van der Waals surface area contributed by atoms with E-state index in [2.05, 4.69) is 4.74 Å². The largest absolute Gasteiger partial charge is 0.468 e. The first-order valence-electron chi connectivity index (χ1n) is 6.90. The van der Waals surface area contributed by atoms with Crippen LogP contribution in [0.5, 0.6) is 0 Å². The predicted octanol–water partition coefficient (Wildman–Crippen LogP) is 1.16. The number of aryl methyl sites for hydroxylation is 1. The second-order valence-electron chi connectivity index (χ2n) is 5.01. The molecule has 116 valence electrons. The molecule has 0 aliphatic carbocycles. The molecule has 1 fully saturated rings. The summed E-state index contributed by atoms with van der Waals surface area (Å²) in [6, 6.07) is 3.97. The quantitative estimate of drug-likeness (QED) is 0.665. The summed E-state index contributed by atoms with van der Waals surface area (Å²) in [7, 11) is -2.47. The van der Waals surface area contributed by atoms with Crippen LogP contribution in [0.3, 0.4) is 0 Å². The molecule has 0 spiro atoms. The van der Waals surface area contributed by atoms with E-state index in [0.717, 1.165) is 12.0 Å². The number of carbonyl (C=O) groups excluding carboxylic acids is 1. The van der Waals surface area contributed by atoms with Crippen molar-refractivity contribution in [3.05, 3.63) is 23.8 Å². The molecule has 2 rings (SSSR count). The zero-order valence-corrected chi connectivity index (χ0v) is 13.0. The van der Waals surface area contributed by atoms with Crippen LogP contribution in [0, 0.1) is 0 Å². The second-order valence-corrected chi connectivity index (χ2v) is 6.90. The number of nitrogens with zero attached hydrogens (tertiary/aromatic N) is 1. The van der Waals surface area contributed by atoms with Gasteiger partial charge in [0.2, 0.25) is 10.0 Å². The van der Waals surface area contributed by atoms with E-state index in [1.165, 1.54) is 23.5 Å². The number of anilines is 1. The first kappa shape index (κ1) is 15.8. The number of nitrogen functional groups attached to an aromatic ring is 1. The van der Waals surface area contributed by atoms with Gasteiger partial charge in [0.05, 0.1) is 12.0 Å². The lowest BCUT2D eigenvalue weighted by molar-refractivity contribution is -0.144. The SMILES string of the molecule is CCc1ccc(S(=O)(=O)N2CCCC2C(=O)OC)cc1N. The van der Waals surface area contributed by atoms with E-state index in [4.69, 9.17) is 5.73 Å². The molecule has 0 amide bonds. The van der Waals surface area contributed by atoms with Crippen molar-refractivity contribution in [3.8, 4) is 0 Å². The molecule has 1 aromatic carbocycles. The van der Waals surface area contributed by atoms with E-state index in [0.29, 0.717) is 25.1 Å². The Balaban J connectivity index is 2.37. The van der Waals surface area contributed by atoms with Gasteiger partial charge < -0.3 is 10.5 Å². The monoisotopic (exact) mass is 312 g/mol. The number of sulfonamides is 1. The zero-order chi connectivity index (χ0) is 15.6. The van der Waals surface area contributed by atoms with Crippen LogP contribution in [-0.2, 0) is 26.0 Å². The molecule has 1 heterocycles. The number of benzene rings is 1. The molecule has 1 unspecified atom stereocenters. The van der Waals surface area contributed by atoms with Gasteiger partial charge >= 0.3 is 5.97 Å². The standard InChI is InChI=1S/C14H20N2O4S/c1-3-10-6-7-11(9-12(10)15)21(18,19)16-8-4-5-13(16)14(17)20-2/h6-7,9,13H,3-5,8,15H2,1-2H3. The van der Waals surface area contributed by atoms with Crippen molar-refractivity contribution in [2.75, 3.05) is 19.4 Å². The average Bonchev–Trinajstić information content (AvgIpc) is 2.96. The third kappa shape index (κ3) is 2.89. The van der Waals surface area contributed by atoms with Crippen LogP contribution >= 0.6 is 0 Å². The number of hydrogen-bond donors (Lipinski definition) is 1. The zero-order valence-electron chi connectivity index (χ0n) is 12.2. The summed E-state index contributed by atoms with van der Waals surface area (Å²) in [6.07, 6.45) is 1.86. The van der Waals surface area contributed by atoms with E-state index in [1.54, 1.807) is 6.07 Å². The van der Waals surface area contributed by atoms with Crippen LogP contribution in [0.25, 0.3) is 0 Å². The van der Waals surface area contributed by atoms with Crippen molar-refractivity contribution < 1.29 is 17.9 Å². The lowest BCUT2D eigenvalue weighted by Crippen LogP contribution is -2.41. The first-order chi connectivity index (χ1) is 9.91. The number of ether oxygens (including phenoxy) is 1. The highest BCUT2D eigenvalue weighted by atomic mass is 32.2. The summed E-state index contributed by atoms with van der Waals surface area (Å²) in [6.45, 7) is 2.27. The molecular formula is C14H20N2O4S. The summed E-state index contributed by atoms with van der Waals surface area (Å²) in [5, 5.41) is 0. The normalized spacial score (nSPS) is 19.6. The number of hydrogen-bond acceptors (Lipinski definition) is 5. The smallest absolute Gasteiger partial charge is 0.324 e. The van der Waals surface area contributed by atoms with Gasteiger partial charge in [-0.15, -0.1) is 0 Å². The topological polar surface area (TPSA) is 89.7 Å². The van der Waals surface area contributed by atoms with E-state index in [9.17, 15) is 13.2 Å². The van der Waals surface area contributed by atoms with Gasteiger partial charge in [-0.05, 0) is 37.0 Å². The maximum Gasteiger partial charge on any atom is 0.324 e. The Hall–Kier alpha value is -1.60. The van der Waals surface area contributed by atoms with E-state index >= 15 is 0 Å². The maximum absolute atomic E-state index is 12.7. The van der Waals surface area contributed by atoms with Gasteiger partial charge in [0, 0.05) is 12.2 Å². The second kappa shape index (κ2) is 6.03. The highest BCUT2D eigenvalue weighted by molar-refractivity contribution is 7.89. The molecule has 1 atom stereocenters. The Morgan fingerprint density at radius 3 is 2.76 bits per heavy atom. The molecule has 21 heavy (non-hydrogen) atoms. The van der Waals surface area contributed by atoms with Crippen molar-refractivity contribution >= 4 is 21.7 Å². The molecule has 1 aliphatic rings. The van der Waals surface area contributed by atoms with Gasteiger partial charge in [0.25, 0.3) is 0 Å². The fourth-order valence-corrected chi connectivity index (χ4v) is 4.27. The molecule has 7 heteroatoms. The maximum atomic E-state index is 12.7. The highest BCUT2D eigenvalue weighted by Gasteiger charge is 2.40. The van der Waals surface area contributed by atoms with Crippen LogP contribution in [0.1, 0.15) is 25.3 Å². The summed E-state index contributed by atoms with van der Waals surface area (Å²) >= 11 is 0. The Morgan fingerprint density at radius 1 is 1.48 bits per heavy atom. The van der Waals surface area contributed by atoms with Gasteiger partial charge in [-0.2, -0.15) is 4.31 Å². The Bertz CT molecular complexity index is 642. The average molecular weight is 312 g/mol. The van der Waals surface area contributed by atoms with Gasteiger partial charge in [-0.1, -0.05) is 13.0 Å². The molecule has 0 radical (unpaired) electrons. The van der Waals surface area contributed by atoms with Crippen molar-refractivity contribution in [3.63, 3.8) is 0 Å². The van der Waals surface area contributed by atoms with Crippen LogP contribution in [0.15, 0.2) is 23.1 Å². The number of esters is 1. The molecule has 2 N–H and O–H groups in total. The summed E-state index contributed by atoms with van der Waals surface area (Å²) in [5.41, 5.74) is 7.23. The first-order valence-corrected chi connectivity index (χ1v) is 8.34. The summed E-state index contributed by atoms with van der Waals surface area (Å²) < 4.78 is 31.3. The van der Waals surface area contributed by atoms with E-state index < -0.39 is 22.0 Å². The van der Waals surface area contributed by atoms with Crippen LogP contribution in [0.4, 0.5) is 5.69 Å². The van der Waals surface area contributed by atoms with Crippen LogP contribution < -0.4 is 5.73 Å². The number of carbonyl (C=O) groups is 1. The number of methoxy groups -OCH3 is 1. The Labute approximate surface area is 124 Å². The van der Waals surface area contributed by atoms with Crippen molar-refractivity contribution in [1.29, 1.82) is 0 Å². The van der Waals surface area contributed by atoms with Crippen molar-refractivity contribution in [2.45, 2.75) is 37.1 Å². The minimum Gasteiger partial charge on any atom is -0.468 e. The minimum atomic E-state index is -3.74. The number of nitrogens with two attached hydrogens (primary N) is 1. The lowest BCUT2D eigenvalue weighted by atomic mass is 10.1. The Morgan fingerprint density at radius 2 is 2.19 bits per heavy atom. The Kier molecular flexibility index (Phi) is 4.53. The van der Waals surface area contributed by atoms with E-state index in [-0.39, 0.29) is 4.90 Å². The minimum absolute atomic E-state index is 0.119. The van der Waals surface area contributed by atoms with Crippen LogP contribution in [0.2, 0.25) is 0 Å². The third-order valence-corrected chi connectivity index (χ3v) is 5.69. The van der Waals surface area contributed by atoms with Gasteiger partial charge in [-0.3, -0.25) is 4.79 Å². The van der Waals surface area contributed by atoms with Gasteiger partial charge in [0.15, 0.2) is 0 Å². The summed E-state index contributed by atoms with van der Waals surface area (Å²) in [5.74, 6) is -0.519. The lowest BCUT2D eigenvalue weighted by Gasteiger charge is -2.22.